The molecule has 0 amide bonds. The molecule has 17 nitrogen and oxygen atoms in total. The predicted molar refractivity (Wildman–Crippen MR) is 242 cm³/mol. The van der Waals surface area contributed by atoms with Crippen LogP contribution >= 0.6 is 15.6 Å². The quantitative estimate of drug-likeness (QED) is 0.0135. The number of hydrogen-bond donors (Lipinski definition) is 8. The Bertz CT molecular complexity index is 1540. The van der Waals surface area contributed by atoms with Gasteiger partial charge in [0.2, 0.25) is 0 Å². The van der Waals surface area contributed by atoms with Crippen molar-refractivity contribution >= 4 is 27.6 Å². The SMILES string of the molecule is CCC/C=C\C/C=C\CCCCCCCC(=O)OC[C@H](COP(=O)(O)O[C@H]1C(O)C(O)C(O)[C@@H](OP(=O)(O)O)C1O)OC(=O)CCC/C=C\C/C=C\C/C=C\C/C=C\CC[C@H](O)CC. The Morgan fingerprint density at radius 1 is 0.562 bits per heavy atom. The molecule has 1 aliphatic carbocycles. The number of esters is 2. The van der Waals surface area contributed by atoms with Crippen LogP contribution in [0.25, 0.3) is 0 Å². The molecule has 9 atom stereocenters. The molecule has 64 heavy (non-hydrogen) atoms. The molecule has 0 aromatic heterocycles. The molecule has 1 aliphatic rings. The molecule has 1 saturated carbocycles. The predicted octanol–water partition coefficient (Wildman–Crippen LogP) is 7.03. The number of phosphoric acid groups is 2. The van der Waals surface area contributed by atoms with E-state index in [2.05, 4.69) is 60.1 Å². The summed E-state index contributed by atoms with van der Waals surface area (Å²) in [6.07, 6.45) is 23.9. The Labute approximate surface area is 379 Å². The van der Waals surface area contributed by atoms with Crippen molar-refractivity contribution in [2.75, 3.05) is 13.2 Å². The third-order valence-electron chi connectivity index (χ3n) is 9.90. The van der Waals surface area contributed by atoms with E-state index in [-0.39, 0.29) is 18.9 Å². The number of phosphoric ester groups is 2. The van der Waals surface area contributed by atoms with Crippen molar-refractivity contribution < 1.29 is 82.0 Å². The molecule has 0 bridgehead atoms. The van der Waals surface area contributed by atoms with Crippen LogP contribution in [0.5, 0.6) is 0 Å². The van der Waals surface area contributed by atoms with E-state index in [0.717, 1.165) is 83.5 Å². The second kappa shape index (κ2) is 35.6. The molecule has 0 radical (unpaired) electrons. The number of ether oxygens (including phenoxy) is 2. The Morgan fingerprint density at radius 3 is 1.61 bits per heavy atom. The zero-order chi connectivity index (χ0) is 47.6. The summed E-state index contributed by atoms with van der Waals surface area (Å²) in [7, 11) is -10.7. The average molecular weight is 951 g/mol. The van der Waals surface area contributed by atoms with E-state index in [4.69, 9.17) is 28.3 Å². The summed E-state index contributed by atoms with van der Waals surface area (Å²) in [5, 5.41) is 50.7. The van der Waals surface area contributed by atoms with Gasteiger partial charge in [0.1, 0.15) is 43.2 Å². The maximum absolute atomic E-state index is 13.0. The number of aliphatic hydroxyl groups excluding tert-OH is 5. The van der Waals surface area contributed by atoms with Gasteiger partial charge in [0.05, 0.1) is 12.7 Å². The second-order valence-electron chi connectivity index (χ2n) is 15.6. The Kier molecular flexibility index (Phi) is 33.0. The molecule has 368 valence electrons. The minimum Gasteiger partial charge on any atom is -0.462 e. The minimum absolute atomic E-state index is 0.0518. The second-order valence-corrected chi connectivity index (χ2v) is 18.1. The van der Waals surface area contributed by atoms with E-state index in [0.29, 0.717) is 25.7 Å². The summed E-state index contributed by atoms with van der Waals surface area (Å²) in [5.41, 5.74) is 0. The largest absolute Gasteiger partial charge is 0.472 e. The van der Waals surface area contributed by atoms with Crippen LogP contribution in [-0.2, 0) is 41.8 Å². The number of carbonyl (C=O) groups excluding carboxylic acids is 2. The molecule has 0 aromatic carbocycles. The maximum atomic E-state index is 13.0. The topological polar surface area (TPSA) is 276 Å². The van der Waals surface area contributed by atoms with E-state index in [9.17, 15) is 49.1 Å². The highest BCUT2D eigenvalue weighted by molar-refractivity contribution is 7.47. The molecule has 0 saturated heterocycles. The van der Waals surface area contributed by atoms with Crippen molar-refractivity contribution in [3.05, 3.63) is 72.9 Å². The zero-order valence-electron chi connectivity index (χ0n) is 37.5. The van der Waals surface area contributed by atoms with E-state index in [1.165, 1.54) is 0 Å². The van der Waals surface area contributed by atoms with Gasteiger partial charge in [-0.15, -0.1) is 0 Å². The first kappa shape index (κ1) is 59.4. The van der Waals surface area contributed by atoms with E-state index in [1.54, 1.807) is 0 Å². The van der Waals surface area contributed by atoms with E-state index in [1.807, 2.05) is 31.2 Å². The smallest absolute Gasteiger partial charge is 0.462 e. The van der Waals surface area contributed by atoms with Gasteiger partial charge in [0.15, 0.2) is 6.10 Å². The standard InChI is InChI=1S/C45H76O17P2/c1-3-5-6-7-8-9-10-13-17-20-23-26-29-32-38(47)58-34-37(35-59-64(56,57)62-45-42(51)40(49)41(50)44(43(45)52)61-63(53,54)55)60-39(48)33-30-27-24-21-18-15-12-11-14-16-19-22-25-28-31-36(46)4-2/h6-7,9-10,12,14-16,21-22,24-25,36-37,40-46,49-52H,3-5,8,11,13,17-20,23,26-35H2,1-2H3,(H,56,57)(H2,53,54,55)/b7-6-,10-9-,15-12-,16-14-,24-21-,25-22-/t36-,37-,40?,41?,42?,43?,44-,45+/m1/s1. The van der Waals surface area contributed by atoms with E-state index >= 15 is 0 Å². The first-order chi connectivity index (χ1) is 30.5. The molecule has 0 aliphatic heterocycles. The van der Waals surface area contributed by atoms with Gasteiger partial charge >= 0.3 is 27.6 Å². The lowest BCUT2D eigenvalue weighted by atomic mass is 9.85. The summed E-state index contributed by atoms with van der Waals surface area (Å²) in [4.78, 5) is 54.1. The lowest BCUT2D eigenvalue weighted by Crippen LogP contribution is -2.64. The monoisotopic (exact) mass is 950 g/mol. The van der Waals surface area contributed by atoms with Gasteiger partial charge in [0.25, 0.3) is 0 Å². The normalized spacial score (nSPS) is 23.0. The summed E-state index contributed by atoms with van der Waals surface area (Å²) in [5.74, 6) is -1.31. The van der Waals surface area contributed by atoms with Crippen LogP contribution in [-0.4, -0.2) is 114 Å². The third-order valence-corrected chi connectivity index (χ3v) is 11.4. The molecular weight excluding hydrogens is 874 g/mol. The van der Waals surface area contributed by atoms with Crippen LogP contribution in [0.4, 0.5) is 0 Å². The van der Waals surface area contributed by atoms with Crippen LogP contribution in [0.3, 0.4) is 0 Å². The highest BCUT2D eigenvalue weighted by Crippen LogP contribution is 2.49. The van der Waals surface area contributed by atoms with Gasteiger partial charge in [-0.05, 0) is 83.5 Å². The fraction of sp³-hybridized carbons (Fsp3) is 0.689. The van der Waals surface area contributed by atoms with Crippen molar-refractivity contribution in [2.24, 2.45) is 0 Å². The Hall–Kier alpha value is -2.60. The Balaban J connectivity index is 2.68. The summed E-state index contributed by atoms with van der Waals surface area (Å²) in [6.45, 7) is 2.68. The summed E-state index contributed by atoms with van der Waals surface area (Å²) >= 11 is 0. The number of hydrogen-bond acceptors (Lipinski definition) is 14. The number of allylic oxidation sites excluding steroid dienone is 12. The fourth-order valence-corrected chi connectivity index (χ4v) is 7.75. The highest BCUT2D eigenvalue weighted by Gasteiger charge is 2.54. The van der Waals surface area contributed by atoms with Gasteiger partial charge < -0.3 is 49.7 Å². The average Bonchev–Trinajstić information content (AvgIpc) is 3.25. The van der Waals surface area contributed by atoms with Gasteiger partial charge in [-0.2, -0.15) is 0 Å². The first-order valence-electron chi connectivity index (χ1n) is 22.6. The summed E-state index contributed by atoms with van der Waals surface area (Å²) < 4.78 is 49.2. The summed E-state index contributed by atoms with van der Waals surface area (Å²) in [6, 6.07) is 0. The number of carbonyl (C=O) groups is 2. The number of rotatable bonds is 36. The molecule has 0 heterocycles. The number of unbranched alkanes of at least 4 members (excludes halogenated alkanes) is 7. The van der Waals surface area contributed by atoms with Gasteiger partial charge in [-0.3, -0.25) is 23.2 Å². The molecule has 8 N–H and O–H groups in total. The fourth-order valence-electron chi connectivity index (χ4n) is 6.21. The van der Waals surface area contributed by atoms with Gasteiger partial charge in [0, 0.05) is 12.8 Å². The molecule has 19 heteroatoms. The lowest BCUT2D eigenvalue weighted by Gasteiger charge is -2.43. The van der Waals surface area contributed by atoms with Crippen LogP contribution in [0.15, 0.2) is 72.9 Å². The molecule has 0 aromatic rings. The van der Waals surface area contributed by atoms with Gasteiger partial charge in [-0.25, -0.2) is 9.13 Å². The van der Waals surface area contributed by atoms with Crippen molar-refractivity contribution in [1.29, 1.82) is 0 Å². The number of aliphatic hydroxyl groups is 5. The highest BCUT2D eigenvalue weighted by atomic mass is 31.2. The molecule has 1 fully saturated rings. The van der Waals surface area contributed by atoms with Crippen molar-refractivity contribution in [3.8, 4) is 0 Å². The van der Waals surface area contributed by atoms with Crippen LogP contribution in [0.1, 0.15) is 136 Å². The lowest BCUT2D eigenvalue weighted by molar-refractivity contribution is -0.216. The van der Waals surface area contributed by atoms with Crippen molar-refractivity contribution in [3.63, 3.8) is 0 Å². The van der Waals surface area contributed by atoms with Crippen LogP contribution < -0.4 is 0 Å². The third kappa shape index (κ3) is 29.8. The molecule has 0 spiro atoms. The maximum Gasteiger partial charge on any atom is 0.472 e. The zero-order valence-corrected chi connectivity index (χ0v) is 39.3. The molecule has 1 rings (SSSR count). The first-order valence-corrected chi connectivity index (χ1v) is 25.6. The van der Waals surface area contributed by atoms with Crippen LogP contribution in [0.2, 0.25) is 0 Å². The van der Waals surface area contributed by atoms with Crippen molar-refractivity contribution in [2.45, 2.75) is 185 Å². The van der Waals surface area contributed by atoms with Crippen LogP contribution in [0, 0.1) is 0 Å². The Morgan fingerprint density at radius 2 is 1.05 bits per heavy atom. The molecular formula is C45H76O17P2. The van der Waals surface area contributed by atoms with Crippen molar-refractivity contribution in [1.82, 2.24) is 0 Å². The van der Waals surface area contributed by atoms with E-state index < -0.39 is 83.5 Å². The molecule has 5 unspecified atom stereocenters. The van der Waals surface area contributed by atoms with Gasteiger partial charge in [-0.1, -0.05) is 112 Å². The minimum atomic E-state index is -5.38.